The number of hydrogen-bond acceptors (Lipinski definition) is 1. The third-order valence-electron chi connectivity index (χ3n) is 6.70. The van der Waals surface area contributed by atoms with Crippen molar-refractivity contribution < 1.29 is 9.22 Å². The molecule has 182 valence electrons. The third-order valence-corrected chi connectivity index (χ3v) is 6.70. The number of ether oxygens (including phenoxy) is 1. The van der Waals surface area contributed by atoms with Gasteiger partial charge in [-0.15, -0.1) is 0 Å². The van der Waals surface area contributed by atoms with E-state index in [1.807, 2.05) is 0 Å². The Hall–Kier alpha value is -1.54. The molecular weight excluding hydrogens is 390 g/mol. The highest BCUT2D eigenvalue weighted by Crippen LogP contribution is 2.20. The number of unbranched alkanes of at least 4 members (excludes halogenated alkanes) is 13. The highest BCUT2D eigenvalue weighted by molar-refractivity contribution is 5.26. The average molecular weight is 443 g/mol. The second-order valence-electron chi connectivity index (χ2n) is 9.61. The minimum absolute atomic E-state index is 0.922. The summed E-state index contributed by atoms with van der Waals surface area (Å²) in [6.45, 7) is 14.6. The van der Waals surface area contributed by atoms with E-state index in [0.717, 1.165) is 29.9 Å². The predicted octanol–water partition coefficient (Wildman–Crippen LogP) is 8.87. The van der Waals surface area contributed by atoms with E-state index < -0.39 is 0 Å². The van der Waals surface area contributed by atoms with Crippen molar-refractivity contribution in [1.29, 1.82) is 0 Å². The Labute approximate surface area is 200 Å². The number of hydrogen-bond donors (Lipinski definition) is 0. The van der Waals surface area contributed by atoms with E-state index in [1.165, 1.54) is 102 Å². The lowest BCUT2D eigenvalue weighted by molar-refractivity contribution is -0.930. The second-order valence-corrected chi connectivity index (χ2v) is 9.61. The Morgan fingerprint density at radius 2 is 1.12 bits per heavy atom. The minimum atomic E-state index is 0.922. The van der Waals surface area contributed by atoms with Crippen molar-refractivity contribution in [2.45, 2.75) is 103 Å². The molecular formula is C30H52NO+. The van der Waals surface area contributed by atoms with Crippen molar-refractivity contribution in [1.82, 2.24) is 0 Å². The monoisotopic (exact) mass is 442 g/mol. The van der Waals surface area contributed by atoms with Crippen LogP contribution in [0.4, 0.5) is 0 Å². The fourth-order valence-electron chi connectivity index (χ4n) is 4.77. The van der Waals surface area contributed by atoms with E-state index in [-0.39, 0.29) is 0 Å². The second kappa shape index (κ2) is 19.0. The zero-order valence-electron chi connectivity index (χ0n) is 21.5. The average Bonchev–Trinajstić information content (AvgIpc) is 2.80. The maximum absolute atomic E-state index is 5.31. The van der Waals surface area contributed by atoms with Crippen LogP contribution in [0, 0.1) is 0 Å². The van der Waals surface area contributed by atoms with Crippen LogP contribution in [0.5, 0.6) is 5.75 Å². The van der Waals surface area contributed by atoms with Crippen LogP contribution in [0.1, 0.15) is 102 Å². The Bertz CT molecular complexity index is 567. The predicted molar refractivity (Wildman–Crippen MR) is 142 cm³/mol. The van der Waals surface area contributed by atoms with E-state index >= 15 is 0 Å². The molecule has 0 unspecified atom stereocenters. The molecule has 0 atom stereocenters. The lowest BCUT2D eigenvalue weighted by Crippen LogP contribution is -2.48. The number of nitrogens with zero attached hydrogens (tertiary/aromatic N) is 1. The maximum atomic E-state index is 5.31. The zero-order chi connectivity index (χ0) is 23.3. The molecule has 1 aromatic rings. The van der Waals surface area contributed by atoms with Crippen LogP contribution in [-0.4, -0.2) is 31.2 Å². The summed E-state index contributed by atoms with van der Waals surface area (Å²) >= 11 is 0. The molecule has 2 nitrogen and oxygen atoms in total. The van der Waals surface area contributed by atoms with Gasteiger partial charge < -0.3 is 9.22 Å². The molecule has 0 radical (unpaired) electrons. The summed E-state index contributed by atoms with van der Waals surface area (Å²) in [5, 5.41) is 0. The van der Waals surface area contributed by atoms with Gasteiger partial charge in [-0.25, -0.2) is 0 Å². The van der Waals surface area contributed by atoms with E-state index in [1.54, 1.807) is 7.11 Å². The van der Waals surface area contributed by atoms with Crippen LogP contribution in [0.15, 0.2) is 49.6 Å². The molecule has 32 heavy (non-hydrogen) atoms. The molecule has 0 N–H and O–H groups in total. The molecule has 0 aliphatic rings. The summed E-state index contributed by atoms with van der Waals surface area (Å²) in [7, 11) is 1.72. The first-order valence-electron chi connectivity index (χ1n) is 13.4. The van der Waals surface area contributed by atoms with Crippen LogP contribution >= 0.6 is 0 Å². The van der Waals surface area contributed by atoms with E-state index in [4.69, 9.17) is 4.74 Å². The van der Waals surface area contributed by atoms with Gasteiger partial charge in [-0.2, -0.15) is 0 Å². The molecule has 0 aliphatic heterocycles. The van der Waals surface area contributed by atoms with Gasteiger partial charge in [0, 0.05) is 5.56 Å². The van der Waals surface area contributed by atoms with E-state index in [9.17, 15) is 0 Å². The lowest BCUT2D eigenvalue weighted by atomic mass is 10.0. The SMILES string of the molecule is C=CC[N+](CC=C)(CCCCCCCCCCCCCCCC)Cc1ccc(OC)cc1. The number of methoxy groups -OCH3 is 1. The van der Waals surface area contributed by atoms with Gasteiger partial charge in [-0.05, 0) is 49.3 Å². The summed E-state index contributed by atoms with van der Waals surface area (Å²) in [4.78, 5) is 0. The van der Waals surface area contributed by atoms with Gasteiger partial charge >= 0.3 is 0 Å². The minimum Gasteiger partial charge on any atom is -0.497 e. The molecule has 0 saturated carbocycles. The molecule has 2 heteroatoms. The lowest BCUT2D eigenvalue weighted by Gasteiger charge is -2.37. The summed E-state index contributed by atoms with van der Waals surface area (Å²) < 4.78 is 6.34. The Balaban J connectivity index is 2.24. The van der Waals surface area contributed by atoms with Crippen LogP contribution in [0.25, 0.3) is 0 Å². The molecule has 0 fully saturated rings. The van der Waals surface area contributed by atoms with Gasteiger partial charge in [-0.3, -0.25) is 0 Å². The van der Waals surface area contributed by atoms with E-state index in [0.29, 0.717) is 0 Å². The molecule has 1 aromatic carbocycles. The van der Waals surface area contributed by atoms with Gasteiger partial charge in [0.25, 0.3) is 0 Å². The van der Waals surface area contributed by atoms with Crippen molar-refractivity contribution in [3.05, 3.63) is 55.1 Å². The number of quaternary nitrogens is 1. The standard InChI is InChI=1S/C30H52NO/c1-5-8-9-10-11-12-13-14-15-16-17-18-19-20-27-31(25-6-2,26-7-3)28-29-21-23-30(32-4)24-22-29/h6-7,21-24H,2-3,5,8-20,25-28H2,1,4H3/q+1. The summed E-state index contributed by atoms with van der Waals surface area (Å²) in [5.74, 6) is 0.922. The summed E-state index contributed by atoms with van der Waals surface area (Å²) in [6.07, 6.45) is 23.9. The van der Waals surface area contributed by atoms with Crippen molar-refractivity contribution >= 4 is 0 Å². The Morgan fingerprint density at radius 3 is 1.53 bits per heavy atom. The molecule has 0 amide bonds. The Morgan fingerprint density at radius 1 is 0.688 bits per heavy atom. The van der Waals surface area contributed by atoms with Gasteiger partial charge in [-0.1, -0.05) is 97.1 Å². The van der Waals surface area contributed by atoms with Gasteiger partial charge in [0.1, 0.15) is 12.3 Å². The highest BCUT2D eigenvalue weighted by atomic mass is 16.5. The first kappa shape index (κ1) is 28.5. The van der Waals surface area contributed by atoms with Crippen molar-refractivity contribution in [3.63, 3.8) is 0 Å². The first-order valence-corrected chi connectivity index (χ1v) is 13.4. The summed E-state index contributed by atoms with van der Waals surface area (Å²) in [6, 6.07) is 8.53. The third kappa shape index (κ3) is 13.1. The van der Waals surface area contributed by atoms with Crippen molar-refractivity contribution in [2.75, 3.05) is 26.7 Å². The smallest absolute Gasteiger partial charge is 0.118 e. The zero-order valence-corrected chi connectivity index (χ0v) is 21.5. The van der Waals surface area contributed by atoms with Crippen LogP contribution in [0.3, 0.4) is 0 Å². The fraction of sp³-hybridized carbons (Fsp3) is 0.667. The van der Waals surface area contributed by atoms with Crippen molar-refractivity contribution in [2.24, 2.45) is 0 Å². The largest absolute Gasteiger partial charge is 0.497 e. The molecule has 0 saturated heterocycles. The van der Waals surface area contributed by atoms with Gasteiger partial charge in [0.2, 0.25) is 0 Å². The molecule has 0 aliphatic carbocycles. The quantitative estimate of drug-likeness (QED) is 0.0989. The van der Waals surface area contributed by atoms with Gasteiger partial charge in [0.15, 0.2) is 0 Å². The molecule has 0 aromatic heterocycles. The van der Waals surface area contributed by atoms with Crippen LogP contribution in [-0.2, 0) is 6.54 Å². The highest BCUT2D eigenvalue weighted by Gasteiger charge is 2.24. The molecule has 0 bridgehead atoms. The maximum Gasteiger partial charge on any atom is 0.118 e. The molecule has 0 heterocycles. The molecule has 0 spiro atoms. The van der Waals surface area contributed by atoms with Gasteiger partial charge in [0.05, 0.1) is 26.7 Å². The molecule has 1 rings (SSSR count). The summed E-state index contributed by atoms with van der Waals surface area (Å²) in [5.41, 5.74) is 1.36. The topological polar surface area (TPSA) is 9.23 Å². The fourth-order valence-corrected chi connectivity index (χ4v) is 4.77. The van der Waals surface area contributed by atoms with Crippen LogP contribution in [0.2, 0.25) is 0 Å². The number of benzene rings is 1. The van der Waals surface area contributed by atoms with E-state index in [2.05, 4.69) is 56.5 Å². The Kier molecular flexibility index (Phi) is 16.9. The van der Waals surface area contributed by atoms with Crippen molar-refractivity contribution in [3.8, 4) is 5.75 Å². The normalized spacial score (nSPS) is 11.4. The first-order chi connectivity index (χ1) is 15.7. The number of rotatable bonds is 22. The van der Waals surface area contributed by atoms with Crippen LogP contribution < -0.4 is 4.74 Å².